The fourth-order valence-corrected chi connectivity index (χ4v) is 2.83. The van der Waals surface area contributed by atoms with Gasteiger partial charge in [0, 0.05) is 24.2 Å². The predicted octanol–water partition coefficient (Wildman–Crippen LogP) is 5.94. The second-order valence-corrected chi connectivity index (χ2v) is 6.97. The number of benzene rings is 3. The number of hydrogen-bond donors (Lipinski definition) is 3. The molecule has 0 fully saturated rings. The highest BCUT2D eigenvalue weighted by Crippen LogP contribution is 2.25. The smallest absolute Gasteiger partial charge is 0.200 e. The summed E-state index contributed by atoms with van der Waals surface area (Å²) in [5, 5.41) is 0. The molecule has 3 rings (SSSR count). The first-order valence-electron chi connectivity index (χ1n) is 9.02. The Hall–Kier alpha value is -3.05. The van der Waals surface area contributed by atoms with E-state index in [1.807, 2.05) is 0 Å². The highest BCUT2D eigenvalue weighted by molar-refractivity contribution is 7.78. The molecule has 0 heterocycles. The summed E-state index contributed by atoms with van der Waals surface area (Å²) >= 11 is 3.64. The molecule has 33 heavy (non-hydrogen) atoms. The molecule has 0 atom stereocenters. The topological polar surface area (TPSA) is 38.0 Å². The molecule has 0 unspecified atom stereocenters. The Morgan fingerprint density at radius 1 is 0.727 bits per heavy atom. The van der Waals surface area contributed by atoms with E-state index >= 15 is 0 Å². The van der Waals surface area contributed by atoms with Gasteiger partial charge in [-0.15, -0.1) is 0 Å². The molecular formula is C22H16F8N2S. The highest BCUT2D eigenvalue weighted by atomic mass is 32.1. The summed E-state index contributed by atoms with van der Waals surface area (Å²) in [5.74, 6) is -13.5. The van der Waals surface area contributed by atoms with Crippen LogP contribution in [0.5, 0.6) is 0 Å². The first kappa shape index (κ1) is 26.2. The van der Waals surface area contributed by atoms with Crippen molar-refractivity contribution in [1.29, 1.82) is 0 Å². The van der Waals surface area contributed by atoms with Crippen molar-refractivity contribution in [1.82, 2.24) is 4.72 Å². The molecule has 176 valence electrons. The molecule has 0 aliphatic rings. The zero-order valence-electron chi connectivity index (χ0n) is 16.6. The molecule has 11 heteroatoms. The van der Waals surface area contributed by atoms with Crippen LogP contribution in [0.3, 0.4) is 0 Å². The van der Waals surface area contributed by atoms with Crippen molar-refractivity contribution in [2.75, 3.05) is 0 Å². The van der Waals surface area contributed by atoms with E-state index in [1.165, 1.54) is 12.1 Å². The Balaban J connectivity index is 0.000000273. The van der Waals surface area contributed by atoms with E-state index in [-0.39, 0.29) is 6.54 Å². The van der Waals surface area contributed by atoms with Gasteiger partial charge in [0.25, 0.3) is 0 Å². The van der Waals surface area contributed by atoms with Gasteiger partial charge in [-0.25, -0.2) is 35.1 Å². The summed E-state index contributed by atoms with van der Waals surface area (Å²) in [6, 6.07) is 7.88. The van der Waals surface area contributed by atoms with Crippen LogP contribution in [0.1, 0.15) is 22.3 Å². The molecule has 3 aromatic rings. The molecule has 0 aromatic heterocycles. The van der Waals surface area contributed by atoms with Crippen LogP contribution in [0.25, 0.3) is 5.70 Å². The summed E-state index contributed by atoms with van der Waals surface area (Å²) in [4.78, 5) is 0. The van der Waals surface area contributed by atoms with Gasteiger partial charge in [0.05, 0.1) is 0 Å². The third-order valence-electron chi connectivity index (χ3n) is 4.33. The highest BCUT2D eigenvalue weighted by Gasteiger charge is 2.25. The molecule has 0 spiro atoms. The van der Waals surface area contributed by atoms with E-state index in [0.717, 1.165) is 12.1 Å². The van der Waals surface area contributed by atoms with E-state index in [2.05, 4.69) is 24.1 Å². The molecule has 0 aliphatic carbocycles. The lowest BCUT2D eigenvalue weighted by atomic mass is 10.0. The molecule has 2 nitrogen and oxygen atoms in total. The van der Waals surface area contributed by atoms with Crippen LogP contribution in [0.15, 0.2) is 43.0 Å². The van der Waals surface area contributed by atoms with Crippen molar-refractivity contribution >= 4 is 18.5 Å². The standard InChI is InChI=1S/C15H10F5N.C7H6F3NS/c1-7(21)9-4-2-8(3-5-9)6-10-11(16)13(18)15(20)14(19)12(10)17;8-5-1-4(3-11-12)2-6(9)7(5)10/h2-5H,1,6,21H2;1-2,11-12H,3H2. The number of rotatable bonds is 5. The normalized spacial score (nSPS) is 10.6. The second kappa shape index (κ2) is 11.2. The Morgan fingerprint density at radius 2 is 1.18 bits per heavy atom. The maximum Gasteiger partial charge on any atom is 0.200 e. The summed E-state index contributed by atoms with van der Waals surface area (Å²) in [7, 11) is 0. The Morgan fingerprint density at radius 3 is 1.61 bits per heavy atom. The van der Waals surface area contributed by atoms with Crippen LogP contribution in [0, 0.1) is 46.5 Å². The van der Waals surface area contributed by atoms with Gasteiger partial charge < -0.3 is 5.73 Å². The van der Waals surface area contributed by atoms with Crippen LogP contribution >= 0.6 is 12.8 Å². The minimum absolute atomic E-state index is 0.178. The quantitative estimate of drug-likeness (QED) is 0.179. The fraction of sp³-hybridized carbons (Fsp3) is 0.0909. The van der Waals surface area contributed by atoms with E-state index in [0.29, 0.717) is 22.4 Å². The van der Waals surface area contributed by atoms with E-state index in [1.54, 1.807) is 12.1 Å². The van der Waals surface area contributed by atoms with Crippen molar-refractivity contribution in [3.63, 3.8) is 0 Å². The molecule has 0 radical (unpaired) electrons. The second-order valence-electron chi connectivity index (χ2n) is 6.66. The zero-order valence-corrected chi connectivity index (χ0v) is 17.5. The van der Waals surface area contributed by atoms with Crippen LogP contribution in [-0.4, -0.2) is 0 Å². The van der Waals surface area contributed by atoms with Gasteiger partial charge in [-0.3, -0.25) is 4.72 Å². The fourth-order valence-electron chi connectivity index (χ4n) is 2.65. The number of thiol groups is 1. The summed E-state index contributed by atoms with van der Waals surface area (Å²) in [5.41, 5.74) is 6.19. The third-order valence-corrected chi connectivity index (χ3v) is 4.49. The van der Waals surface area contributed by atoms with Crippen LogP contribution in [-0.2, 0) is 13.0 Å². The Bertz CT molecular complexity index is 1110. The van der Waals surface area contributed by atoms with Crippen LogP contribution in [0.2, 0.25) is 0 Å². The monoisotopic (exact) mass is 492 g/mol. The van der Waals surface area contributed by atoms with E-state index in [9.17, 15) is 35.1 Å². The SMILES string of the molecule is C=C(N)c1ccc(Cc2c(F)c(F)c(F)c(F)c2F)cc1.Fc1cc(CNS)cc(F)c1F. The molecule has 0 saturated heterocycles. The minimum Gasteiger partial charge on any atom is -0.399 e. The van der Waals surface area contributed by atoms with Gasteiger partial charge in [-0.05, 0) is 28.8 Å². The van der Waals surface area contributed by atoms with Gasteiger partial charge >= 0.3 is 0 Å². The molecule has 3 N–H and O–H groups in total. The van der Waals surface area contributed by atoms with Crippen molar-refractivity contribution in [3.8, 4) is 0 Å². The molecule has 0 amide bonds. The number of halogens is 8. The molecule has 0 saturated carbocycles. The lowest BCUT2D eigenvalue weighted by molar-refractivity contribution is 0.371. The van der Waals surface area contributed by atoms with Crippen molar-refractivity contribution in [2.45, 2.75) is 13.0 Å². The van der Waals surface area contributed by atoms with Crippen molar-refractivity contribution < 1.29 is 35.1 Å². The van der Waals surface area contributed by atoms with Gasteiger partial charge in [0.1, 0.15) is 0 Å². The Labute approximate surface area is 189 Å². The largest absolute Gasteiger partial charge is 0.399 e. The molecule has 0 aliphatic heterocycles. The van der Waals surface area contributed by atoms with Crippen molar-refractivity contribution in [2.24, 2.45) is 5.73 Å². The van der Waals surface area contributed by atoms with E-state index < -0.39 is 58.5 Å². The van der Waals surface area contributed by atoms with Gasteiger partial charge in [-0.1, -0.05) is 43.7 Å². The summed E-state index contributed by atoms with van der Waals surface area (Å²) in [6.07, 6.45) is -0.427. The lowest BCUT2D eigenvalue weighted by Crippen LogP contribution is -2.07. The Kier molecular flexibility index (Phi) is 8.89. The number of nitrogens with two attached hydrogens (primary N) is 1. The number of hydrogen-bond acceptors (Lipinski definition) is 3. The maximum atomic E-state index is 13.5. The predicted molar refractivity (Wildman–Crippen MR) is 111 cm³/mol. The average Bonchev–Trinajstić information content (AvgIpc) is 2.78. The van der Waals surface area contributed by atoms with E-state index in [4.69, 9.17) is 5.73 Å². The number of nitrogens with one attached hydrogen (secondary N) is 1. The molecule has 3 aromatic carbocycles. The maximum absolute atomic E-state index is 13.5. The third kappa shape index (κ3) is 6.26. The first-order valence-corrected chi connectivity index (χ1v) is 9.47. The summed E-state index contributed by atoms with van der Waals surface area (Å²) < 4.78 is 106. The van der Waals surface area contributed by atoms with Gasteiger partial charge in [0.2, 0.25) is 5.82 Å². The lowest BCUT2D eigenvalue weighted by Gasteiger charge is -2.09. The summed E-state index contributed by atoms with van der Waals surface area (Å²) in [6.45, 7) is 3.69. The van der Waals surface area contributed by atoms with Crippen LogP contribution < -0.4 is 10.5 Å². The first-order chi connectivity index (χ1) is 15.5. The molecule has 0 bridgehead atoms. The zero-order chi connectivity index (χ0) is 24.9. The van der Waals surface area contributed by atoms with Gasteiger partial charge in [-0.2, -0.15) is 0 Å². The minimum atomic E-state index is -2.16. The van der Waals surface area contributed by atoms with Gasteiger partial charge in [0.15, 0.2) is 40.7 Å². The van der Waals surface area contributed by atoms with Crippen LogP contribution in [0.4, 0.5) is 35.1 Å². The average molecular weight is 492 g/mol. The molecular weight excluding hydrogens is 476 g/mol. The van der Waals surface area contributed by atoms with Crippen molar-refractivity contribution in [3.05, 3.63) is 112 Å².